The highest BCUT2D eigenvalue weighted by Gasteiger charge is 2.08. The minimum atomic E-state index is -0.371. The third-order valence-electron chi connectivity index (χ3n) is 3.58. The van der Waals surface area contributed by atoms with Gasteiger partial charge in [-0.1, -0.05) is 22.9 Å². The molecule has 0 bridgehead atoms. The SMILES string of the molecule is CCCOc1ccc(OCC(=O)NCC(=O)Nc2ccc(Br)cc2C)cc1. The largest absolute Gasteiger partial charge is 0.494 e. The molecular formula is C20H23BrN2O4. The topological polar surface area (TPSA) is 76.7 Å². The monoisotopic (exact) mass is 434 g/mol. The maximum Gasteiger partial charge on any atom is 0.258 e. The van der Waals surface area contributed by atoms with Crippen LogP contribution in [-0.2, 0) is 9.59 Å². The third-order valence-corrected chi connectivity index (χ3v) is 4.07. The number of nitrogens with one attached hydrogen (secondary N) is 2. The summed E-state index contributed by atoms with van der Waals surface area (Å²) in [6.07, 6.45) is 0.938. The predicted molar refractivity (Wildman–Crippen MR) is 108 cm³/mol. The van der Waals surface area contributed by atoms with Gasteiger partial charge in [0.1, 0.15) is 11.5 Å². The summed E-state index contributed by atoms with van der Waals surface area (Å²) in [7, 11) is 0. The number of carbonyl (C=O) groups is 2. The molecule has 144 valence electrons. The van der Waals surface area contributed by atoms with Crippen molar-refractivity contribution >= 4 is 33.4 Å². The summed E-state index contributed by atoms with van der Waals surface area (Å²) >= 11 is 3.37. The van der Waals surface area contributed by atoms with Crippen LogP contribution in [0.5, 0.6) is 11.5 Å². The lowest BCUT2D eigenvalue weighted by Crippen LogP contribution is -2.35. The van der Waals surface area contributed by atoms with Gasteiger partial charge in [0.15, 0.2) is 6.61 Å². The summed E-state index contributed by atoms with van der Waals surface area (Å²) in [5.41, 5.74) is 1.64. The molecule has 0 atom stereocenters. The molecule has 2 aromatic rings. The Bertz CT molecular complexity index is 778. The van der Waals surface area contributed by atoms with Crippen molar-refractivity contribution in [2.24, 2.45) is 0 Å². The van der Waals surface area contributed by atoms with E-state index in [0.717, 1.165) is 22.2 Å². The van der Waals surface area contributed by atoms with Crippen LogP contribution in [-0.4, -0.2) is 31.6 Å². The van der Waals surface area contributed by atoms with Crippen molar-refractivity contribution in [3.05, 3.63) is 52.5 Å². The maximum absolute atomic E-state index is 12.0. The van der Waals surface area contributed by atoms with Crippen molar-refractivity contribution in [1.82, 2.24) is 5.32 Å². The first-order valence-electron chi connectivity index (χ1n) is 8.66. The molecule has 0 aliphatic rings. The molecule has 0 fully saturated rings. The van der Waals surface area contributed by atoms with Gasteiger partial charge < -0.3 is 20.1 Å². The average Bonchev–Trinajstić information content (AvgIpc) is 2.66. The molecule has 0 saturated carbocycles. The van der Waals surface area contributed by atoms with Gasteiger partial charge >= 0.3 is 0 Å². The fraction of sp³-hybridized carbons (Fsp3) is 0.300. The molecule has 0 spiro atoms. The summed E-state index contributed by atoms with van der Waals surface area (Å²) in [6, 6.07) is 12.6. The maximum atomic E-state index is 12.0. The van der Waals surface area contributed by atoms with Gasteiger partial charge in [-0.2, -0.15) is 0 Å². The second-order valence-corrected chi connectivity index (χ2v) is 6.81. The normalized spacial score (nSPS) is 10.2. The fourth-order valence-electron chi connectivity index (χ4n) is 2.19. The highest BCUT2D eigenvalue weighted by molar-refractivity contribution is 9.10. The second kappa shape index (κ2) is 10.6. The van der Waals surface area contributed by atoms with Crippen LogP contribution in [0.25, 0.3) is 0 Å². The number of hydrogen-bond acceptors (Lipinski definition) is 4. The Morgan fingerprint density at radius 2 is 1.67 bits per heavy atom. The average molecular weight is 435 g/mol. The fourth-order valence-corrected chi connectivity index (χ4v) is 2.67. The number of benzene rings is 2. The first-order chi connectivity index (χ1) is 13.0. The van der Waals surface area contributed by atoms with Crippen LogP contribution in [0, 0.1) is 6.92 Å². The zero-order valence-corrected chi connectivity index (χ0v) is 17.0. The first-order valence-corrected chi connectivity index (χ1v) is 9.45. The number of rotatable bonds is 9. The zero-order valence-electron chi connectivity index (χ0n) is 15.4. The second-order valence-electron chi connectivity index (χ2n) is 5.89. The van der Waals surface area contributed by atoms with Gasteiger partial charge in [0, 0.05) is 10.2 Å². The lowest BCUT2D eigenvalue weighted by molar-refractivity contribution is -0.125. The molecule has 2 amide bonds. The van der Waals surface area contributed by atoms with Crippen molar-refractivity contribution in [1.29, 1.82) is 0 Å². The Kier molecular flexibility index (Phi) is 8.13. The van der Waals surface area contributed by atoms with E-state index in [9.17, 15) is 9.59 Å². The molecular weight excluding hydrogens is 412 g/mol. The van der Waals surface area contributed by atoms with Crippen LogP contribution in [0.4, 0.5) is 5.69 Å². The molecule has 0 heterocycles. The lowest BCUT2D eigenvalue weighted by Gasteiger charge is -2.10. The van der Waals surface area contributed by atoms with Crippen LogP contribution in [0.3, 0.4) is 0 Å². The lowest BCUT2D eigenvalue weighted by atomic mass is 10.2. The highest BCUT2D eigenvalue weighted by Crippen LogP contribution is 2.20. The summed E-state index contributed by atoms with van der Waals surface area (Å²) in [6.45, 7) is 4.30. The number of carbonyl (C=O) groups excluding carboxylic acids is 2. The molecule has 0 aromatic heterocycles. The van der Waals surface area contributed by atoms with E-state index in [2.05, 4.69) is 26.6 Å². The van der Waals surface area contributed by atoms with Crippen molar-refractivity contribution in [3.8, 4) is 11.5 Å². The number of anilines is 1. The van der Waals surface area contributed by atoms with E-state index in [1.807, 2.05) is 26.0 Å². The van der Waals surface area contributed by atoms with Crippen molar-refractivity contribution in [2.75, 3.05) is 25.1 Å². The van der Waals surface area contributed by atoms with Gasteiger partial charge in [-0.05, 0) is 61.4 Å². The standard InChI is InChI=1S/C20H23BrN2O4/c1-3-10-26-16-5-7-17(8-6-16)27-13-20(25)22-12-19(24)23-18-9-4-15(21)11-14(18)2/h4-9,11H,3,10,12-13H2,1-2H3,(H,22,25)(H,23,24). The third kappa shape index (κ3) is 7.30. The molecule has 0 saturated heterocycles. The van der Waals surface area contributed by atoms with E-state index in [1.54, 1.807) is 30.3 Å². The number of hydrogen-bond donors (Lipinski definition) is 2. The summed E-state index contributed by atoms with van der Waals surface area (Å²) < 4.78 is 11.8. The van der Waals surface area contributed by atoms with E-state index in [-0.39, 0.29) is 25.0 Å². The molecule has 0 unspecified atom stereocenters. The van der Waals surface area contributed by atoms with Gasteiger partial charge in [0.05, 0.1) is 13.2 Å². The first kappa shape index (κ1) is 20.8. The molecule has 6 nitrogen and oxygen atoms in total. The molecule has 2 aromatic carbocycles. The molecule has 2 rings (SSSR count). The van der Waals surface area contributed by atoms with E-state index in [4.69, 9.17) is 9.47 Å². The number of ether oxygens (including phenoxy) is 2. The van der Waals surface area contributed by atoms with Crippen molar-refractivity contribution in [3.63, 3.8) is 0 Å². The Morgan fingerprint density at radius 3 is 2.30 bits per heavy atom. The van der Waals surface area contributed by atoms with E-state index in [0.29, 0.717) is 18.0 Å². The molecule has 0 radical (unpaired) electrons. The Balaban J connectivity index is 1.71. The van der Waals surface area contributed by atoms with Crippen LogP contribution in [0.1, 0.15) is 18.9 Å². The minimum Gasteiger partial charge on any atom is -0.494 e. The van der Waals surface area contributed by atoms with E-state index in [1.165, 1.54) is 0 Å². The van der Waals surface area contributed by atoms with Crippen molar-refractivity contribution < 1.29 is 19.1 Å². The minimum absolute atomic E-state index is 0.124. The number of aryl methyl sites for hydroxylation is 1. The summed E-state index contributed by atoms with van der Waals surface area (Å²) in [4.78, 5) is 23.8. The van der Waals surface area contributed by atoms with Gasteiger partial charge in [-0.3, -0.25) is 9.59 Å². The van der Waals surface area contributed by atoms with E-state index < -0.39 is 0 Å². The molecule has 27 heavy (non-hydrogen) atoms. The number of halogens is 1. The number of amides is 2. The smallest absolute Gasteiger partial charge is 0.258 e. The Morgan fingerprint density at radius 1 is 1.00 bits per heavy atom. The Hall–Kier alpha value is -2.54. The van der Waals surface area contributed by atoms with Gasteiger partial charge in [-0.25, -0.2) is 0 Å². The van der Waals surface area contributed by atoms with Gasteiger partial charge in [0.25, 0.3) is 5.91 Å². The molecule has 7 heteroatoms. The zero-order chi connectivity index (χ0) is 19.6. The van der Waals surface area contributed by atoms with Gasteiger partial charge in [0.2, 0.25) is 5.91 Å². The molecule has 0 aliphatic carbocycles. The van der Waals surface area contributed by atoms with Crippen molar-refractivity contribution in [2.45, 2.75) is 20.3 Å². The van der Waals surface area contributed by atoms with Crippen LogP contribution in [0.2, 0.25) is 0 Å². The highest BCUT2D eigenvalue weighted by atomic mass is 79.9. The van der Waals surface area contributed by atoms with Crippen LogP contribution < -0.4 is 20.1 Å². The predicted octanol–water partition coefficient (Wildman–Crippen LogP) is 3.68. The van der Waals surface area contributed by atoms with Gasteiger partial charge in [-0.15, -0.1) is 0 Å². The quantitative estimate of drug-likeness (QED) is 0.630. The van der Waals surface area contributed by atoms with Crippen LogP contribution >= 0.6 is 15.9 Å². The summed E-state index contributed by atoms with van der Waals surface area (Å²) in [5.74, 6) is 0.646. The summed E-state index contributed by atoms with van der Waals surface area (Å²) in [5, 5.41) is 5.29. The van der Waals surface area contributed by atoms with Crippen LogP contribution in [0.15, 0.2) is 46.9 Å². The van der Waals surface area contributed by atoms with E-state index >= 15 is 0 Å². The molecule has 0 aliphatic heterocycles. The Labute approximate surface area is 167 Å². The molecule has 2 N–H and O–H groups in total.